The van der Waals surface area contributed by atoms with Gasteiger partial charge in [-0.15, -0.1) is 0 Å². The fourth-order valence-electron chi connectivity index (χ4n) is 6.08. The van der Waals surface area contributed by atoms with Gasteiger partial charge < -0.3 is 9.80 Å². The Morgan fingerprint density at radius 1 is 0.857 bits per heavy atom. The highest BCUT2D eigenvalue weighted by atomic mass is 16.2. The zero-order chi connectivity index (χ0) is 18.9. The second kappa shape index (κ2) is 7.71. The van der Waals surface area contributed by atoms with Crippen molar-refractivity contribution in [1.82, 2.24) is 4.90 Å². The Labute approximate surface area is 168 Å². The number of hydrogen-bond acceptors (Lipinski definition) is 1. The zero-order valence-corrected chi connectivity index (χ0v) is 16.6. The number of carbonyl (C=O) groups excluding carboxylic acids is 1. The van der Waals surface area contributed by atoms with Crippen LogP contribution >= 0.6 is 0 Å². The number of hydrogen-bond donors (Lipinski definition) is 1. The summed E-state index contributed by atoms with van der Waals surface area (Å²) in [4.78, 5) is 17.5. The lowest BCUT2D eigenvalue weighted by Gasteiger charge is -2.39. The molecule has 0 aromatic heterocycles. The molecule has 28 heavy (non-hydrogen) atoms. The molecule has 1 aliphatic heterocycles. The molecule has 0 spiro atoms. The van der Waals surface area contributed by atoms with E-state index < -0.39 is 0 Å². The van der Waals surface area contributed by atoms with E-state index in [1.54, 1.807) is 4.90 Å². The van der Waals surface area contributed by atoms with Crippen LogP contribution in [0, 0.1) is 11.8 Å². The molecule has 0 unspecified atom stereocenters. The van der Waals surface area contributed by atoms with E-state index in [9.17, 15) is 4.79 Å². The summed E-state index contributed by atoms with van der Waals surface area (Å²) in [5.74, 6) is 2.04. The van der Waals surface area contributed by atoms with Crippen molar-refractivity contribution in [3.8, 4) is 0 Å². The van der Waals surface area contributed by atoms with Crippen molar-refractivity contribution in [3.63, 3.8) is 0 Å². The number of quaternary nitrogens is 1. The van der Waals surface area contributed by atoms with Crippen LogP contribution in [0.5, 0.6) is 0 Å². The summed E-state index contributed by atoms with van der Waals surface area (Å²) < 4.78 is 0. The van der Waals surface area contributed by atoms with Gasteiger partial charge in [0.15, 0.2) is 0 Å². The van der Waals surface area contributed by atoms with Crippen LogP contribution in [0.2, 0.25) is 0 Å². The summed E-state index contributed by atoms with van der Waals surface area (Å²) in [6.07, 6.45) is 5.83. The third kappa shape index (κ3) is 3.37. The quantitative estimate of drug-likeness (QED) is 0.873. The van der Waals surface area contributed by atoms with Gasteiger partial charge in [0.2, 0.25) is 5.91 Å². The molecule has 5 rings (SSSR count). The number of benzene rings is 2. The maximum Gasteiger partial charge on any atom is 0.234 e. The van der Waals surface area contributed by atoms with Gasteiger partial charge >= 0.3 is 0 Å². The summed E-state index contributed by atoms with van der Waals surface area (Å²) in [7, 11) is 0. The molecule has 3 fully saturated rings. The van der Waals surface area contributed by atoms with Crippen LogP contribution in [-0.4, -0.2) is 43.0 Å². The highest BCUT2D eigenvalue weighted by molar-refractivity contribution is 5.87. The van der Waals surface area contributed by atoms with Crippen molar-refractivity contribution < 1.29 is 9.69 Å². The molecule has 146 valence electrons. The van der Waals surface area contributed by atoms with Crippen LogP contribution in [0.1, 0.15) is 42.7 Å². The molecule has 2 aliphatic carbocycles. The van der Waals surface area contributed by atoms with Crippen molar-refractivity contribution in [3.05, 3.63) is 71.8 Å². The Balaban J connectivity index is 1.30. The number of fused-ring (bicyclic) bond motifs is 2. The Morgan fingerprint density at radius 3 is 1.96 bits per heavy atom. The molecular weight excluding hydrogens is 344 g/mol. The summed E-state index contributed by atoms with van der Waals surface area (Å²) in [6, 6.07) is 21.4. The monoisotopic (exact) mass is 375 g/mol. The largest absolute Gasteiger partial charge is 0.331 e. The lowest BCUT2D eigenvalue weighted by atomic mass is 9.89. The van der Waals surface area contributed by atoms with E-state index in [0.29, 0.717) is 0 Å². The van der Waals surface area contributed by atoms with Gasteiger partial charge in [-0.2, -0.15) is 0 Å². The molecule has 3 atom stereocenters. The smallest absolute Gasteiger partial charge is 0.234 e. The third-order valence-electron chi connectivity index (χ3n) is 7.49. The highest BCUT2D eigenvalue weighted by Gasteiger charge is 2.46. The van der Waals surface area contributed by atoms with E-state index in [-0.39, 0.29) is 11.8 Å². The summed E-state index contributed by atoms with van der Waals surface area (Å²) in [5, 5.41) is 0. The average Bonchev–Trinajstić information content (AvgIpc) is 3.39. The minimum Gasteiger partial charge on any atom is -0.331 e. The van der Waals surface area contributed by atoms with Crippen LogP contribution in [0.15, 0.2) is 60.7 Å². The molecule has 2 bridgehead atoms. The fraction of sp³-hybridized carbons (Fsp3) is 0.480. The maximum absolute atomic E-state index is 13.6. The minimum atomic E-state index is -0.188. The SMILES string of the molecule is O=C(C(c1ccccc1)c1ccccc1)N1CC[NH+]([C@@H]2C[C@@H]3CC[C@H]2C3)CC1. The van der Waals surface area contributed by atoms with Crippen molar-refractivity contribution in [2.45, 2.75) is 37.6 Å². The van der Waals surface area contributed by atoms with Crippen molar-refractivity contribution in [2.24, 2.45) is 11.8 Å². The molecule has 3 nitrogen and oxygen atoms in total. The Hall–Kier alpha value is -2.13. The average molecular weight is 376 g/mol. The molecule has 0 radical (unpaired) electrons. The highest BCUT2D eigenvalue weighted by Crippen LogP contribution is 2.43. The van der Waals surface area contributed by atoms with Crippen molar-refractivity contribution in [2.75, 3.05) is 26.2 Å². The minimum absolute atomic E-state index is 0.188. The molecular formula is C25H31N2O+. The van der Waals surface area contributed by atoms with E-state index in [1.165, 1.54) is 25.7 Å². The topological polar surface area (TPSA) is 24.8 Å². The first kappa shape index (κ1) is 17.9. The van der Waals surface area contributed by atoms with E-state index in [0.717, 1.165) is 55.2 Å². The van der Waals surface area contributed by atoms with E-state index in [1.807, 2.05) is 36.4 Å². The van der Waals surface area contributed by atoms with E-state index >= 15 is 0 Å². The molecule has 1 N–H and O–H groups in total. The Kier molecular flexibility index (Phi) is 4.94. The van der Waals surface area contributed by atoms with Gasteiger partial charge in [-0.3, -0.25) is 4.79 Å². The van der Waals surface area contributed by atoms with Crippen LogP contribution in [0.4, 0.5) is 0 Å². The summed E-state index contributed by atoms with van der Waals surface area (Å²) in [6.45, 7) is 4.04. The summed E-state index contributed by atoms with van der Waals surface area (Å²) in [5.41, 5.74) is 2.20. The molecule has 1 heterocycles. The van der Waals surface area contributed by atoms with Gasteiger partial charge in [0.05, 0.1) is 38.1 Å². The molecule has 1 saturated heterocycles. The molecule has 2 aromatic carbocycles. The predicted octanol–water partition coefficient (Wildman–Crippen LogP) is 2.73. The lowest BCUT2D eigenvalue weighted by Crippen LogP contribution is -3.18. The first-order valence-corrected chi connectivity index (χ1v) is 11.0. The van der Waals surface area contributed by atoms with Gasteiger partial charge in [-0.1, -0.05) is 60.7 Å². The van der Waals surface area contributed by atoms with Gasteiger partial charge in [-0.25, -0.2) is 0 Å². The normalized spacial score (nSPS) is 27.5. The first-order chi connectivity index (χ1) is 13.8. The number of piperazine rings is 1. The number of nitrogens with zero attached hydrogens (tertiary/aromatic N) is 1. The molecule has 3 aliphatic rings. The maximum atomic E-state index is 13.6. The van der Waals surface area contributed by atoms with Crippen molar-refractivity contribution >= 4 is 5.91 Å². The molecule has 3 heteroatoms. The van der Waals surface area contributed by atoms with Crippen LogP contribution in [-0.2, 0) is 4.79 Å². The van der Waals surface area contributed by atoms with Crippen LogP contribution < -0.4 is 4.90 Å². The second-order valence-corrected chi connectivity index (χ2v) is 9.02. The Morgan fingerprint density at radius 2 is 1.46 bits per heavy atom. The molecule has 2 aromatic rings. The number of rotatable bonds is 4. The number of nitrogens with one attached hydrogen (secondary N) is 1. The van der Waals surface area contributed by atoms with Crippen LogP contribution in [0.25, 0.3) is 0 Å². The first-order valence-electron chi connectivity index (χ1n) is 11.0. The van der Waals surface area contributed by atoms with Gasteiger partial charge in [0, 0.05) is 12.3 Å². The second-order valence-electron chi connectivity index (χ2n) is 9.02. The zero-order valence-electron chi connectivity index (χ0n) is 16.6. The lowest BCUT2D eigenvalue weighted by molar-refractivity contribution is -0.932. The van der Waals surface area contributed by atoms with E-state index in [2.05, 4.69) is 29.2 Å². The fourth-order valence-corrected chi connectivity index (χ4v) is 6.08. The van der Waals surface area contributed by atoms with E-state index in [4.69, 9.17) is 0 Å². The number of carbonyl (C=O) groups is 1. The standard InChI is InChI=1S/C25H30N2O/c28-25(24(20-7-3-1-4-8-20)21-9-5-2-6-10-21)27-15-13-26(14-16-27)23-18-19-11-12-22(23)17-19/h1-10,19,22-24H,11-18H2/p+1/t19-,22+,23-/m1/s1. The third-order valence-corrected chi connectivity index (χ3v) is 7.49. The van der Waals surface area contributed by atoms with Gasteiger partial charge in [-0.05, 0) is 36.3 Å². The predicted molar refractivity (Wildman–Crippen MR) is 111 cm³/mol. The van der Waals surface area contributed by atoms with Gasteiger partial charge in [0.25, 0.3) is 0 Å². The number of amides is 1. The van der Waals surface area contributed by atoms with Gasteiger partial charge in [0.1, 0.15) is 0 Å². The molecule has 1 amide bonds. The Bertz CT molecular complexity index is 758. The summed E-state index contributed by atoms with van der Waals surface area (Å²) >= 11 is 0. The molecule has 2 saturated carbocycles. The van der Waals surface area contributed by atoms with Crippen molar-refractivity contribution in [1.29, 1.82) is 0 Å². The van der Waals surface area contributed by atoms with Crippen LogP contribution in [0.3, 0.4) is 0 Å².